The molecule has 2 aromatic rings. The van der Waals surface area contributed by atoms with Gasteiger partial charge in [0.2, 0.25) is 0 Å². The second kappa shape index (κ2) is 7.19. The van der Waals surface area contributed by atoms with Crippen LogP contribution < -0.4 is 10.1 Å². The zero-order chi connectivity index (χ0) is 17.7. The van der Waals surface area contributed by atoms with Gasteiger partial charge in [0.05, 0.1) is 5.69 Å². The molecule has 0 saturated carbocycles. The molecule has 0 atom stereocenters. The minimum atomic E-state index is -1.47. The summed E-state index contributed by atoms with van der Waals surface area (Å²) < 4.78 is 19.4. The summed E-state index contributed by atoms with van der Waals surface area (Å²) in [7, 11) is -1.47. The largest absolute Gasteiger partial charge is 0.465 e. The molecule has 0 saturated heterocycles. The Labute approximate surface area is 141 Å². The van der Waals surface area contributed by atoms with Gasteiger partial charge in [0.15, 0.2) is 5.82 Å². The molecule has 0 heterocycles. The predicted octanol–water partition coefficient (Wildman–Crippen LogP) is 4.94. The molecule has 2 rings (SSSR count). The maximum atomic E-state index is 13.8. The average Bonchev–Trinajstić information content (AvgIpc) is 2.47. The van der Waals surface area contributed by atoms with Crippen LogP contribution in [0, 0.1) is 17.3 Å². The van der Waals surface area contributed by atoms with Gasteiger partial charge in [0, 0.05) is 11.6 Å². The number of carboxylic acid groups (broad SMARTS) is 1. The fourth-order valence-corrected chi connectivity index (χ4v) is 2.33. The first-order chi connectivity index (χ1) is 11.2. The van der Waals surface area contributed by atoms with Gasteiger partial charge < -0.3 is 9.84 Å². The van der Waals surface area contributed by atoms with E-state index in [0.29, 0.717) is 5.75 Å². The van der Waals surface area contributed by atoms with Gasteiger partial charge in [0.1, 0.15) is 19.6 Å². The Hall–Kier alpha value is -2.78. The molecule has 2 N–H and O–H groups in total. The second-order valence-corrected chi connectivity index (χ2v) is 11.0. The van der Waals surface area contributed by atoms with E-state index in [2.05, 4.69) is 31.1 Å². The van der Waals surface area contributed by atoms with E-state index < -0.39 is 20.0 Å². The highest BCUT2D eigenvalue weighted by Crippen LogP contribution is 2.26. The Morgan fingerprint density at radius 2 is 1.88 bits per heavy atom. The van der Waals surface area contributed by atoms with E-state index >= 15 is 0 Å². The standard InChI is InChI=1S/C18H18FNO3Si/c1-24(2,3)10-9-13-5-4-6-14(11-13)23-15-7-8-17(16(19)12-15)20-18(21)22/h4-8,11-12,20H,1-3H3,(H,21,22). The summed E-state index contributed by atoms with van der Waals surface area (Å²) >= 11 is 0. The number of ether oxygens (including phenoxy) is 1. The third kappa shape index (κ3) is 5.45. The number of hydrogen-bond donors (Lipinski definition) is 2. The van der Waals surface area contributed by atoms with Crippen LogP contribution in [0.4, 0.5) is 14.9 Å². The van der Waals surface area contributed by atoms with E-state index in [-0.39, 0.29) is 11.4 Å². The van der Waals surface area contributed by atoms with Gasteiger partial charge in [-0.3, -0.25) is 5.32 Å². The zero-order valence-electron chi connectivity index (χ0n) is 13.7. The number of carbonyl (C=O) groups is 1. The Balaban J connectivity index is 2.18. The Morgan fingerprint density at radius 1 is 1.17 bits per heavy atom. The van der Waals surface area contributed by atoms with Gasteiger partial charge in [-0.2, -0.15) is 0 Å². The van der Waals surface area contributed by atoms with E-state index in [4.69, 9.17) is 9.84 Å². The minimum Gasteiger partial charge on any atom is -0.465 e. The van der Waals surface area contributed by atoms with Crippen LogP contribution in [-0.2, 0) is 0 Å². The lowest BCUT2D eigenvalue weighted by molar-refractivity contribution is 0.209. The number of amides is 1. The first-order valence-electron chi connectivity index (χ1n) is 7.33. The van der Waals surface area contributed by atoms with Crippen LogP contribution in [0.1, 0.15) is 5.56 Å². The maximum absolute atomic E-state index is 13.8. The van der Waals surface area contributed by atoms with Gasteiger partial charge in [-0.1, -0.05) is 31.6 Å². The molecule has 1 amide bonds. The number of hydrogen-bond acceptors (Lipinski definition) is 2. The fourth-order valence-electron chi connectivity index (χ4n) is 1.81. The van der Waals surface area contributed by atoms with E-state index in [0.717, 1.165) is 11.6 Å². The summed E-state index contributed by atoms with van der Waals surface area (Å²) in [6.07, 6.45) is -1.32. The molecule has 4 nitrogen and oxygen atoms in total. The summed E-state index contributed by atoms with van der Waals surface area (Å²) in [5.41, 5.74) is 3.99. The van der Waals surface area contributed by atoms with Crippen LogP contribution in [0.3, 0.4) is 0 Å². The van der Waals surface area contributed by atoms with E-state index in [1.165, 1.54) is 12.1 Å². The predicted molar refractivity (Wildman–Crippen MR) is 94.8 cm³/mol. The highest BCUT2D eigenvalue weighted by molar-refractivity contribution is 6.83. The lowest BCUT2D eigenvalue weighted by atomic mass is 10.2. The highest BCUT2D eigenvalue weighted by atomic mass is 28.3. The molecule has 0 spiro atoms. The van der Waals surface area contributed by atoms with Crippen LogP contribution >= 0.6 is 0 Å². The topological polar surface area (TPSA) is 58.6 Å². The summed E-state index contributed by atoms with van der Waals surface area (Å²) in [4.78, 5) is 10.5. The van der Waals surface area contributed by atoms with Crippen molar-refractivity contribution in [1.82, 2.24) is 0 Å². The molecule has 24 heavy (non-hydrogen) atoms. The van der Waals surface area contributed by atoms with Crippen LogP contribution in [-0.4, -0.2) is 19.3 Å². The summed E-state index contributed by atoms with van der Waals surface area (Å²) in [5.74, 6) is 3.25. The Bertz CT molecular complexity index is 819. The molecule has 2 aromatic carbocycles. The van der Waals surface area contributed by atoms with Crippen LogP contribution in [0.25, 0.3) is 0 Å². The van der Waals surface area contributed by atoms with Gasteiger partial charge in [-0.25, -0.2) is 9.18 Å². The molecule has 0 aliphatic carbocycles. The smallest absolute Gasteiger partial charge is 0.409 e. The minimum absolute atomic E-state index is 0.121. The Kier molecular flexibility index (Phi) is 5.27. The molecule has 0 aromatic heterocycles. The van der Waals surface area contributed by atoms with Crippen molar-refractivity contribution in [3.8, 4) is 23.0 Å². The molecule has 0 bridgehead atoms. The molecule has 0 aliphatic heterocycles. The quantitative estimate of drug-likeness (QED) is 0.613. The number of nitrogens with one attached hydrogen (secondary N) is 1. The number of anilines is 1. The van der Waals surface area contributed by atoms with Crippen molar-refractivity contribution in [3.63, 3.8) is 0 Å². The van der Waals surface area contributed by atoms with Gasteiger partial charge >= 0.3 is 6.09 Å². The monoisotopic (exact) mass is 343 g/mol. The lowest BCUT2D eigenvalue weighted by Crippen LogP contribution is -2.16. The summed E-state index contributed by atoms with van der Waals surface area (Å²) in [6, 6.07) is 11.2. The number of benzene rings is 2. The Morgan fingerprint density at radius 3 is 2.50 bits per heavy atom. The highest BCUT2D eigenvalue weighted by Gasteiger charge is 2.09. The first kappa shape index (κ1) is 17.6. The maximum Gasteiger partial charge on any atom is 0.409 e. The van der Waals surface area contributed by atoms with Crippen molar-refractivity contribution < 1.29 is 19.0 Å². The summed E-state index contributed by atoms with van der Waals surface area (Å²) in [6.45, 7) is 6.49. The van der Waals surface area contributed by atoms with Crippen LogP contribution in [0.15, 0.2) is 42.5 Å². The van der Waals surface area contributed by atoms with Gasteiger partial charge in [0.25, 0.3) is 0 Å². The number of halogens is 1. The molecule has 0 radical (unpaired) electrons. The summed E-state index contributed by atoms with van der Waals surface area (Å²) in [5, 5.41) is 10.6. The molecule has 0 fully saturated rings. The normalized spacial score (nSPS) is 10.5. The average molecular weight is 343 g/mol. The molecular weight excluding hydrogens is 325 g/mol. The zero-order valence-corrected chi connectivity index (χ0v) is 14.7. The molecule has 0 unspecified atom stereocenters. The van der Waals surface area contributed by atoms with Crippen LogP contribution in [0.2, 0.25) is 19.6 Å². The van der Waals surface area contributed by atoms with Gasteiger partial charge in [-0.05, 0) is 30.3 Å². The number of rotatable bonds is 3. The van der Waals surface area contributed by atoms with E-state index in [9.17, 15) is 9.18 Å². The van der Waals surface area contributed by atoms with Crippen molar-refractivity contribution in [1.29, 1.82) is 0 Å². The van der Waals surface area contributed by atoms with Gasteiger partial charge in [-0.15, -0.1) is 5.54 Å². The van der Waals surface area contributed by atoms with E-state index in [1.54, 1.807) is 12.1 Å². The fraction of sp³-hybridized carbons (Fsp3) is 0.167. The third-order valence-corrected chi connectivity index (χ3v) is 3.71. The second-order valence-electron chi connectivity index (χ2n) is 6.20. The van der Waals surface area contributed by atoms with Crippen molar-refractivity contribution in [3.05, 3.63) is 53.8 Å². The molecular formula is C18H18FNO3Si. The van der Waals surface area contributed by atoms with Crippen molar-refractivity contribution in [2.24, 2.45) is 0 Å². The SMILES string of the molecule is C[Si](C)(C)C#Cc1cccc(Oc2ccc(NC(=O)O)c(F)c2)c1. The lowest BCUT2D eigenvalue weighted by Gasteiger charge is -2.08. The molecule has 0 aliphatic rings. The van der Waals surface area contributed by atoms with Crippen molar-refractivity contribution in [2.45, 2.75) is 19.6 Å². The molecule has 6 heteroatoms. The first-order valence-corrected chi connectivity index (χ1v) is 10.8. The van der Waals surface area contributed by atoms with Crippen molar-refractivity contribution in [2.75, 3.05) is 5.32 Å². The van der Waals surface area contributed by atoms with E-state index in [1.807, 2.05) is 17.4 Å². The van der Waals surface area contributed by atoms with Crippen LogP contribution in [0.5, 0.6) is 11.5 Å². The molecule has 124 valence electrons. The van der Waals surface area contributed by atoms with Crippen molar-refractivity contribution >= 4 is 19.9 Å². The third-order valence-electron chi connectivity index (χ3n) is 2.83.